The summed E-state index contributed by atoms with van der Waals surface area (Å²) < 4.78 is 1.68. The van der Waals surface area contributed by atoms with Crippen LogP contribution >= 0.6 is 11.3 Å². The van der Waals surface area contributed by atoms with Crippen molar-refractivity contribution in [3.63, 3.8) is 0 Å². The molecule has 2 rings (SSSR count). The van der Waals surface area contributed by atoms with Crippen LogP contribution in [0.25, 0.3) is 0 Å². The van der Waals surface area contributed by atoms with Crippen molar-refractivity contribution in [3.05, 3.63) is 38.2 Å². The van der Waals surface area contributed by atoms with Crippen LogP contribution in [0.5, 0.6) is 0 Å². The molecule has 2 aromatic rings. The Morgan fingerprint density at radius 1 is 1.55 bits per heavy atom. The van der Waals surface area contributed by atoms with Gasteiger partial charge in [0.1, 0.15) is 5.69 Å². The minimum atomic E-state index is -0.366. The van der Waals surface area contributed by atoms with Gasteiger partial charge in [0.15, 0.2) is 0 Å². The Hall–Kier alpha value is -1.89. The predicted molar refractivity (Wildman–Crippen MR) is 80.5 cm³/mol. The molecule has 0 unspecified atom stereocenters. The molecule has 2 aromatic heterocycles. The monoisotopic (exact) mass is 294 g/mol. The highest BCUT2D eigenvalue weighted by Crippen LogP contribution is 2.30. The van der Waals surface area contributed by atoms with Crippen molar-refractivity contribution in [2.75, 3.05) is 11.9 Å². The van der Waals surface area contributed by atoms with E-state index in [0.717, 1.165) is 6.42 Å². The molecule has 0 fully saturated rings. The fourth-order valence-electron chi connectivity index (χ4n) is 2.05. The van der Waals surface area contributed by atoms with Crippen LogP contribution in [0.4, 0.5) is 11.5 Å². The lowest BCUT2D eigenvalue weighted by molar-refractivity contribution is -0.384. The number of aromatic nitrogens is 2. The minimum absolute atomic E-state index is 0.0740. The lowest BCUT2D eigenvalue weighted by Gasteiger charge is -2.11. The molecule has 0 aromatic carbocycles. The second-order valence-electron chi connectivity index (χ2n) is 4.83. The van der Waals surface area contributed by atoms with Gasteiger partial charge in [0.2, 0.25) is 5.82 Å². The molecule has 2 heterocycles. The van der Waals surface area contributed by atoms with Crippen LogP contribution in [-0.4, -0.2) is 21.2 Å². The van der Waals surface area contributed by atoms with Crippen molar-refractivity contribution in [1.29, 1.82) is 0 Å². The molecule has 0 spiro atoms. The van der Waals surface area contributed by atoms with Crippen LogP contribution in [0.3, 0.4) is 0 Å². The third-order valence-electron chi connectivity index (χ3n) is 2.97. The van der Waals surface area contributed by atoms with Crippen LogP contribution < -0.4 is 5.32 Å². The van der Waals surface area contributed by atoms with E-state index in [1.807, 2.05) is 25.3 Å². The van der Waals surface area contributed by atoms with E-state index < -0.39 is 0 Å². The summed E-state index contributed by atoms with van der Waals surface area (Å²) in [6.45, 7) is 6.24. The topological polar surface area (TPSA) is 73.0 Å². The molecule has 0 bridgehead atoms. The highest BCUT2D eigenvalue weighted by Gasteiger charge is 2.26. The fraction of sp³-hybridized carbons (Fsp3) is 0.462. The van der Waals surface area contributed by atoms with Crippen LogP contribution in [0.15, 0.2) is 17.5 Å². The van der Waals surface area contributed by atoms with Gasteiger partial charge in [-0.05, 0) is 38.6 Å². The number of nitrogens with zero attached hydrogens (tertiary/aromatic N) is 3. The van der Waals surface area contributed by atoms with Gasteiger partial charge in [-0.25, -0.2) is 4.68 Å². The van der Waals surface area contributed by atoms with Crippen molar-refractivity contribution in [1.82, 2.24) is 9.78 Å². The Morgan fingerprint density at radius 2 is 2.30 bits per heavy atom. The molecule has 0 atom stereocenters. The third kappa shape index (κ3) is 2.98. The van der Waals surface area contributed by atoms with Gasteiger partial charge in [-0.15, -0.1) is 11.3 Å². The Labute approximate surface area is 121 Å². The molecule has 0 saturated carbocycles. The number of hydrogen-bond donors (Lipinski definition) is 1. The molecule has 20 heavy (non-hydrogen) atoms. The summed E-state index contributed by atoms with van der Waals surface area (Å²) in [7, 11) is 0. The zero-order valence-corrected chi connectivity index (χ0v) is 12.6. The van der Waals surface area contributed by atoms with Crippen LogP contribution in [0, 0.1) is 17.0 Å². The molecule has 0 radical (unpaired) electrons. The van der Waals surface area contributed by atoms with E-state index in [4.69, 9.17) is 0 Å². The van der Waals surface area contributed by atoms with Gasteiger partial charge in [-0.3, -0.25) is 10.1 Å². The van der Waals surface area contributed by atoms with Crippen molar-refractivity contribution in [2.24, 2.45) is 0 Å². The van der Waals surface area contributed by atoms with Crippen LogP contribution in [0.1, 0.15) is 30.5 Å². The van der Waals surface area contributed by atoms with Gasteiger partial charge >= 0.3 is 5.69 Å². The molecule has 108 valence electrons. The average molecular weight is 294 g/mol. The lowest BCUT2D eigenvalue weighted by atomic mass is 10.3. The zero-order chi connectivity index (χ0) is 14.7. The minimum Gasteiger partial charge on any atom is -0.364 e. The second kappa shape index (κ2) is 6.04. The Kier molecular flexibility index (Phi) is 4.39. The highest BCUT2D eigenvalue weighted by atomic mass is 32.1. The molecule has 0 amide bonds. The first-order valence-electron chi connectivity index (χ1n) is 6.50. The number of anilines is 1. The summed E-state index contributed by atoms with van der Waals surface area (Å²) in [6.07, 6.45) is 0.844. The first-order valence-corrected chi connectivity index (χ1v) is 7.38. The Balaban J connectivity index is 2.18. The molecule has 0 saturated heterocycles. The summed E-state index contributed by atoms with van der Waals surface area (Å²) in [5, 5.41) is 20.6. The molecule has 0 aliphatic rings. The van der Waals surface area contributed by atoms with Crippen molar-refractivity contribution in [3.8, 4) is 0 Å². The van der Waals surface area contributed by atoms with Gasteiger partial charge in [-0.2, -0.15) is 5.10 Å². The van der Waals surface area contributed by atoms with E-state index in [1.54, 1.807) is 22.9 Å². The number of rotatable bonds is 6. The van der Waals surface area contributed by atoms with Gasteiger partial charge < -0.3 is 5.32 Å². The SMILES string of the molecule is Cc1nn(C(C)C)c(NCCc2cccs2)c1[N+](=O)[O-]. The van der Waals surface area contributed by atoms with Gasteiger partial charge in [-0.1, -0.05) is 6.07 Å². The molecule has 6 nitrogen and oxygen atoms in total. The van der Waals surface area contributed by atoms with Crippen LogP contribution in [0.2, 0.25) is 0 Å². The maximum atomic E-state index is 11.2. The summed E-state index contributed by atoms with van der Waals surface area (Å²) in [5.74, 6) is 0.499. The van der Waals surface area contributed by atoms with Gasteiger partial charge in [0, 0.05) is 17.5 Å². The predicted octanol–water partition coefficient (Wildman–Crippen LogP) is 3.40. The molecule has 0 aliphatic carbocycles. The Morgan fingerprint density at radius 3 is 2.85 bits per heavy atom. The summed E-state index contributed by atoms with van der Waals surface area (Å²) in [5.41, 5.74) is 0.521. The average Bonchev–Trinajstić information content (AvgIpc) is 2.97. The maximum absolute atomic E-state index is 11.2. The highest BCUT2D eigenvalue weighted by molar-refractivity contribution is 7.09. The summed E-state index contributed by atoms with van der Waals surface area (Å²) in [6, 6.07) is 4.14. The first-order chi connectivity index (χ1) is 9.50. The van der Waals surface area contributed by atoms with E-state index >= 15 is 0 Å². The van der Waals surface area contributed by atoms with E-state index in [2.05, 4.69) is 16.5 Å². The molecule has 7 heteroatoms. The molecule has 1 N–H and O–H groups in total. The van der Waals surface area contributed by atoms with Crippen molar-refractivity contribution in [2.45, 2.75) is 33.2 Å². The third-order valence-corrected chi connectivity index (χ3v) is 3.91. The largest absolute Gasteiger partial charge is 0.364 e. The number of aryl methyl sites for hydroxylation is 1. The Bertz CT molecular complexity index is 590. The number of nitro groups is 1. The zero-order valence-electron chi connectivity index (χ0n) is 11.8. The quantitative estimate of drug-likeness (QED) is 0.654. The molecular weight excluding hydrogens is 276 g/mol. The normalized spacial score (nSPS) is 11.0. The summed E-state index contributed by atoms with van der Waals surface area (Å²) >= 11 is 1.69. The number of hydrogen-bond acceptors (Lipinski definition) is 5. The van der Waals surface area contributed by atoms with E-state index in [0.29, 0.717) is 18.1 Å². The lowest BCUT2D eigenvalue weighted by Crippen LogP contribution is -2.13. The van der Waals surface area contributed by atoms with Crippen LogP contribution in [-0.2, 0) is 6.42 Å². The van der Waals surface area contributed by atoms with Gasteiger partial charge in [0.25, 0.3) is 0 Å². The maximum Gasteiger partial charge on any atom is 0.333 e. The van der Waals surface area contributed by atoms with Crippen molar-refractivity contribution < 1.29 is 4.92 Å². The fourth-order valence-corrected chi connectivity index (χ4v) is 2.76. The van der Waals surface area contributed by atoms with Gasteiger partial charge in [0.05, 0.1) is 4.92 Å². The van der Waals surface area contributed by atoms with E-state index in [1.165, 1.54) is 4.88 Å². The van der Waals surface area contributed by atoms with E-state index in [9.17, 15) is 10.1 Å². The molecule has 0 aliphatic heterocycles. The number of thiophene rings is 1. The second-order valence-corrected chi connectivity index (χ2v) is 5.87. The van der Waals surface area contributed by atoms with E-state index in [-0.39, 0.29) is 16.7 Å². The standard InChI is InChI=1S/C13H18N4O2S/c1-9(2)16-13(12(17(18)19)10(3)15-16)14-7-6-11-5-4-8-20-11/h4-5,8-9,14H,6-7H2,1-3H3. The molecular formula is C13H18N4O2S. The first kappa shape index (κ1) is 14.5. The summed E-state index contributed by atoms with van der Waals surface area (Å²) in [4.78, 5) is 12.1. The smallest absolute Gasteiger partial charge is 0.333 e. The number of nitrogens with one attached hydrogen (secondary N) is 1. The van der Waals surface area contributed by atoms with Crippen molar-refractivity contribution >= 4 is 22.8 Å².